The van der Waals surface area contributed by atoms with E-state index in [0.29, 0.717) is 5.69 Å². The first-order valence-electron chi connectivity index (χ1n) is 6.55. The van der Waals surface area contributed by atoms with Gasteiger partial charge >= 0.3 is 6.18 Å². The van der Waals surface area contributed by atoms with Crippen molar-refractivity contribution >= 4 is 11.6 Å². The van der Waals surface area contributed by atoms with E-state index in [1.54, 1.807) is 12.1 Å². The monoisotopic (exact) mass is 304 g/mol. The second-order valence-corrected chi connectivity index (χ2v) is 4.81. The zero-order chi connectivity index (χ0) is 16.0. The first-order valence-corrected chi connectivity index (χ1v) is 6.55. The molecule has 4 nitrogen and oxygen atoms in total. The number of rotatable bonds is 6. The lowest BCUT2D eigenvalue weighted by Gasteiger charge is -2.22. The summed E-state index contributed by atoms with van der Waals surface area (Å²) in [6, 6.07) is 7.22. The molecule has 0 fully saturated rings. The maximum atomic E-state index is 12.2. The number of nitrogens with one attached hydrogen (secondary N) is 1. The molecule has 118 valence electrons. The highest BCUT2D eigenvalue weighted by Gasteiger charge is 2.38. The molecule has 21 heavy (non-hydrogen) atoms. The van der Waals surface area contributed by atoms with Gasteiger partial charge in [0.1, 0.15) is 0 Å². The van der Waals surface area contributed by atoms with Crippen LogP contribution >= 0.6 is 0 Å². The van der Waals surface area contributed by atoms with Crippen LogP contribution in [0.2, 0.25) is 0 Å². The van der Waals surface area contributed by atoms with E-state index in [-0.39, 0.29) is 6.54 Å². The number of para-hydroxylation sites is 1. The third-order valence-corrected chi connectivity index (χ3v) is 2.95. The molecule has 1 atom stereocenters. The molecule has 0 radical (unpaired) electrons. The predicted molar refractivity (Wildman–Crippen MR) is 74.0 cm³/mol. The number of benzene rings is 1. The van der Waals surface area contributed by atoms with E-state index < -0.39 is 24.7 Å². The van der Waals surface area contributed by atoms with Gasteiger partial charge in [-0.25, -0.2) is 0 Å². The Morgan fingerprint density at radius 1 is 1.38 bits per heavy atom. The summed E-state index contributed by atoms with van der Waals surface area (Å²) in [5.74, 6) is -0.423. The van der Waals surface area contributed by atoms with Crippen molar-refractivity contribution in [1.29, 1.82) is 0 Å². The van der Waals surface area contributed by atoms with Gasteiger partial charge in [-0.05, 0) is 25.1 Å². The lowest BCUT2D eigenvalue weighted by atomic mass is 10.1. The Morgan fingerprint density at radius 2 is 2.00 bits per heavy atom. The van der Waals surface area contributed by atoms with E-state index in [9.17, 15) is 18.0 Å². The molecule has 0 heterocycles. The van der Waals surface area contributed by atoms with Crippen molar-refractivity contribution in [3.8, 4) is 0 Å². The summed E-state index contributed by atoms with van der Waals surface area (Å²) in [7, 11) is 1.35. The topological polar surface area (TPSA) is 52.6 Å². The number of anilines is 1. The second kappa shape index (κ2) is 7.42. The van der Waals surface area contributed by atoms with Gasteiger partial charge in [-0.3, -0.25) is 9.69 Å². The number of carbonyl (C=O) groups is 1. The minimum atomic E-state index is -4.68. The van der Waals surface area contributed by atoms with Crippen LogP contribution < -0.4 is 5.32 Å². The fourth-order valence-corrected chi connectivity index (χ4v) is 1.85. The number of aliphatic hydroxyl groups excluding tert-OH is 1. The number of aliphatic hydroxyl groups is 1. The van der Waals surface area contributed by atoms with E-state index in [1.165, 1.54) is 7.05 Å². The molecule has 1 aromatic rings. The Labute approximate surface area is 121 Å². The Balaban J connectivity index is 2.54. The number of amides is 1. The molecule has 1 aromatic carbocycles. The van der Waals surface area contributed by atoms with E-state index in [4.69, 9.17) is 5.11 Å². The van der Waals surface area contributed by atoms with Gasteiger partial charge in [0, 0.05) is 12.2 Å². The molecule has 0 aliphatic carbocycles. The van der Waals surface area contributed by atoms with Crippen LogP contribution in [0.4, 0.5) is 18.9 Å². The molecular weight excluding hydrogens is 285 g/mol. The predicted octanol–water partition coefficient (Wildman–Crippen LogP) is 2.04. The van der Waals surface area contributed by atoms with Crippen molar-refractivity contribution in [2.24, 2.45) is 0 Å². The number of halogens is 3. The SMILES string of the molecule is CCc1ccccc1NC(=O)CN(C)CC(O)C(F)(F)F. The summed E-state index contributed by atoms with van der Waals surface area (Å²) in [5.41, 5.74) is 1.60. The fraction of sp³-hybridized carbons (Fsp3) is 0.500. The summed E-state index contributed by atoms with van der Waals surface area (Å²) in [6.07, 6.45) is -6.41. The molecule has 1 rings (SSSR count). The van der Waals surface area contributed by atoms with Gasteiger partial charge in [-0.1, -0.05) is 25.1 Å². The van der Waals surface area contributed by atoms with Crippen LogP contribution in [-0.2, 0) is 11.2 Å². The van der Waals surface area contributed by atoms with Crippen LogP contribution in [0.15, 0.2) is 24.3 Å². The average Bonchev–Trinajstić information content (AvgIpc) is 2.37. The molecule has 7 heteroatoms. The van der Waals surface area contributed by atoms with Gasteiger partial charge in [0.15, 0.2) is 6.10 Å². The highest BCUT2D eigenvalue weighted by atomic mass is 19.4. The van der Waals surface area contributed by atoms with Crippen LogP contribution in [0, 0.1) is 0 Å². The number of nitrogens with zero attached hydrogens (tertiary/aromatic N) is 1. The van der Waals surface area contributed by atoms with Crippen LogP contribution in [0.1, 0.15) is 12.5 Å². The van der Waals surface area contributed by atoms with Gasteiger partial charge in [0.25, 0.3) is 0 Å². The van der Waals surface area contributed by atoms with Gasteiger partial charge in [-0.2, -0.15) is 13.2 Å². The Hall–Kier alpha value is -1.60. The number of hydrogen-bond donors (Lipinski definition) is 2. The number of carbonyl (C=O) groups excluding carboxylic acids is 1. The Bertz CT molecular complexity index is 478. The van der Waals surface area contributed by atoms with Crippen LogP contribution in [0.25, 0.3) is 0 Å². The highest BCUT2D eigenvalue weighted by molar-refractivity contribution is 5.92. The molecule has 0 saturated heterocycles. The van der Waals surface area contributed by atoms with Gasteiger partial charge in [-0.15, -0.1) is 0 Å². The fourth-order valence-electron chi connectivity index (χ4n) is 1.85. The van der Waals surface area contributed by atoms with E-state index in [1.807, 2.05) is 19.1 Å². The highest BCUT2D eigenvalue weighted by Crippen LogP contribution is 2.20. The van der Waals surface area contributed by atoms with Crippen molar-refractivity contribution in [2.75, 3.05) is 25.5 Å². The van der Waals surface area contributed by atoms with Gasteiger partial charge in [0.2, 0.25) is 5.91 Å². The van der Waals surface area contributed by atoms with Gasteiger partial charge in [0.05, 0.1) is 6.54 Å². The maximum absolute atomic E-state index is 12.2. The average molecular weight is 304 g/mol. The van der Waals surface area contributed by atoms with Crippen LogP contribution in [0.5, 0.6) is 0 Å². The third kappa shape index (κ3) is 5.73. The molecule has 0 aromatic heterocycles. The third-order valence-electron chi connectivity index (χ3n) is 2.95. The molecule has 2 N–H and O–H groups in total. The molecule has 0 spiro atoms. The molecule has 0 aliphatic rings. The van der Waals surface area contributed by atoms with Crippen molar-refractivity contribution in [3.63, 3.8) is 0 Å². The van der Waals surface area contributed by atoms with Crippen LogP contribution in [0.3, 0.4) is 0 Å². The summed E-state index contributed by atoms with van der Waals surface area (Å²) in [4.78, 5) is 12.9. The maximum Gasteiger partial charge on any atom is 0.415 e. The summed E-state index contributed by atoms with van der Waals surface area (Å²) >= 11 is 0. The smallest absolute Gasteiger partial charge is 0.382 e. The zero-order valence-electron chi connectivity index (χ0n) is 11.9. The molecular formula is C14H19F3N2O2. The Kier molecular flexibility index (Phi) is 6.17. The minimum Gasteiger partial charge on any atom is -0.382 e. The van der Waals surface area contributed by atoms with Crippen molar-refractivity contribution in [2.45, 2.75) is 25.6 Å². The summed E-state index contributed by atoms with van der Waals surface area (Å²) in [6.45, 7) is 1.06. The lowest BCUT2D eigenvalue weighted by molar-refractivity contribution is -0.207. The number of aryl methyl sites for hydroxylation is 1. The first kappa shape index (κ1) is 17.5. The standard InChI is InChI=1S/C14H19F3N2O2/c1-3-10-6-4-5-7-11(10)18-13(21)9-19(2)8-12(20)14(15,16)17/h4-7,12,20H,3,8-9H2,1-2H3,(H,18,21). The molecule has 1 amide bonds. The van der Waals surface area contributed by atoms with Crippen molar-refractivity contribution in [1.82, 2.24) is 4.90 Å². The van der Waals surface area contributed by atoms with E-state index in [2.05, 4.69) is 5.32 Å². The lowest BCUT2D eigenvalue weighted by Crippen LogP contribution is -2.42. The zero-order valence-corrected chi connectivity index (χ0v) is 11.9. The molecule has 0 saturated carbocycles. The second-order valence-electron chi connectivity index (χ2n) is 4.81. The largest absolute Gasteiger partial charge is 0.415 e. The van der Waals surface area contributed by atoms with Crippen LogP contribution in [-0.4, -0.2) is 48.3 Å². The number of alkyl halides is 3. The normalized spacial score (nSPS) is 13.3. The van der Waals surface area contributed by atoms with E-state index in [0.717, 1.165) is 16.9 Å². The number of likely N-dealkylation sites (N-methyl/N-ethyl adjacent to an activating group) is 1. The Morgan fingerprint density at radius 3 is 2.57 bits per heavy atom. The molecule has 0 bridgehead atoms. The minimum absolute atomic E-state index is 0.231. The number of hydrogen-bond acceptors (Lipinski definition) is 3. The summed E-state index contributed by atoms with van der Waals surface area (Å²) in [5, 5.41) is 11.6. The van der Waals surface area contributed by atoms with Gasteiger partial charge < -0.3 is 10.4 Å². The van der Waals surface area contributed by atoms with E-state index >= 15 is 0 Å². The molecule has 1 unspecified atom stereocenters. The van der Waals surface area contributed by atoms with Crippen molar-refractivity contribution < 1.29 is 23.1 Å². The first-order chi connectivity index (χ1) is 9.74. The summed E-state index contributed by atoms with van der Waals surface area (Å²) < 4.78 is 36.6. The molecule has 0 aliphatic heterocycles. The van der Waals surface area contributed by atoms with Crippen molar-refractivity contribution in [3.05, 3.63) is 29.8 Å². The quantitative estimate of drug-likeness (QED) is 0.845.